The van der Waals surface area contributed by atoms with Crippen LogP contribution in [-0.2, 0) is 0 Å². The molecule has 0 amide bonds. The molecule has 2 aliphatic carbocycles. The summed E-state index contributed by atoms with van der Waals surface area (Å²) in [5.74, 6) is 2.90. The lowest BCUT2D eigenvalue weighted by atomic mass is 9.53. The molecular weight excluding hydrogens is 196 g/mol. The largest absolute Gasteiger partial charge is 0.393 e. The monoisotopic (exact) mass is 224 g/mol. The molecule has 0 saturated heterocycles. The zero-order chi connectivity index (χ0) is 11.9. The molecule has 5 unspecified atom stereocenters. The second-order valence-corrected chi connectivity index (χ2v) is 7.05. The molecule has 16 heavy (non-hydrogen) atoms. The van der Waals surface area contributed by atoms with Gasteiger partial charge in [0.25, 0.3) is 0 Å². The Morgan fingerprint density at radius 3 is 2.62 bits per heavy atom. The SMILES string of the molecule is CC(C)C1CC2C(C)CCCC2(C)CC1O. The van der Waals surface area contributed by atoms with Crippen LogP contribution in [-0.4, -0.2) is 11.2 Å². The summed E-state index contributed by atoms with van der Waals surface area (Å²) in [5, 5.41) is 10.3. The molecule has 0 radical (unpaired) electrons. The third-order valence-corrected chi connectivity index (χ3v) is 5.54. The maximum absolute atomic E-state index is 10.3. The first-order valence-corrected chi connectivity index (χ1v) is 7.12. The van der Waals surface area contributed by atoms with Gasteiger partial charge in [0.15, 0.2) is 0 Å². The third-order valence-electron chi connectivity index (χ3n) is 5.54. The normalized spacial score (nSPS) is 49.1. The van der Waals surface area contributed by atoms with E-state index in [0.29, 0.717) is 17.3 Å². The highest BCUT2D eigenvalue weighted by Gasteiger charge is 2.48. The highest BCUT2D eigenvalue weighted by atomic mass is 16.3. The summed E-state index contributed by atoms with van der Waals surface area (Å²) in [4.78, 5) is 0. The van der Waals surface area contributed by atoms with E-state index in [1.54, 1.807) is 0 Å². The first kappa shape index (κ1) is 12.4. The van der Waals surface area contributed by atoms with E-state index in [-0.39, 0.29) is 6.10 Å². The van der Waals surface area contributed by atoms with Gasteiger partial charge in [0.05, 0.1) is 6.10 Å². The van der Waals surface area contributed by atoms with Gasteiger partial charge in [0, 0.05) is 0 Å². The number of aliphatic hydroxyl groups is 1. The fourth-order valence-electron chi connectivity index (χ4n) is 4.47. The van der Waals surface area contributed by atoms with Crippen LogP contribution in [0.5, 0.6) is 0 Å². The molecule has 1 N–H and O–H groups in total. The summed E-state index contributed by atoms with van der Waals surface area (Å²) in [6.07, 6.45) is 6.37. The van der Waals surface area contributed by atoms with E-state index in [1.807, 2.05) is 0 Å². The fraction of sp³-hybridized carbons (Fsp3) is 1.00. The molecule has 0 aromatic rings. The second-order valence-electron chi connectivity index (χ2n) is 7.05. The number of rotatable bonds is 1. The first-order valence-electron chi connectivity index (χ1n) is 7.12. The summed E-state index contributed by atoms with van der Waals surface area (Å²) < 4.78 is 0. The Bertz CT molecular complexity index is 248. The summed E-state index contributed by atoms with van der Waals surface area (Å²) in [6, 6.07) is 0. The Kier molecular flexibility index (Phi) is 3.36. The van der Waals surface area contributed by atoms with Crippen LogP contribution < -0.4 is 0 Å². The maximum atomic E-state index is 10.3. The molecule has 2 aliphatic rings. The Balaban J connectivity index is 2.16. The Morgan fingerprint density at radius 2 is 2.00 bits per heavy atom. The van der Waals surface area contributed by atoms with Crippen LogP contribution in [0.2, 0.25) is 0 Å². The van der Waals surface area contributed by atoms with Gasteiger partial charge in [-0.1, -0.05) is 40.5 Å². The van der Waals surface area contributed by atoms with Gasteiger partial charge in [0.1, 0.15) is 0 Å². The lowest BCUT2D eigenvalue weighted by Crippen LogP contribution is -2.47. The van der Waals surface area contributed by atoms with E-state index in [1.165, 1.54) is 25.7 Å². The number of aliphatic hydroxyl groups excluding tert-OH is 1. The van der Waals surface area contributed by atoms with Crippen molar-refractivity contribution in [1.82, 2.24) is 0 Å². The average Bonchev–Trinajstić information content (AvgIpc) is 2.15. The number of hydrogen-bond donors (Lipinski definition) is 1. The number of fused-ring (bicyclic) bond motifs is 1. The highest BCUT2D eigenvalue weighted by molar-refractivity contribution is 4.98. The molecule has 2 saturated carbocycles. The van der Waals surface area contributed by atoms with Crippen LogP contribution in [0.1, 0.15) is 59.8 Å². The lowest BCUT2D eigenvalue weighted by molar-refractivity contribution is -0.0827. The van der Waals surface area contributed by atoms with Crippen LogP contribution in [0.4, 0.5) is 0 Å². The highest BCUT2D eigenvalue weighted by Crippen LogP contribution is 2.54. The van der Waals surface area contributed by atoms with E-state index in [2.05, 4.69) is 27.7 Å². The molecule has 5 atom stereocenters. The molecule has 0 aliphatic heterocycles. The van der Waals surface area contributed by atoms with Crippen molar-refractivity contribution >= 4 is 0 Å². The van der Waals surface area contributed by atoms with Crippen LogP contribution in [0.15, 0.2) is 0 Å². The van der Waals surface area contributed by atoms with E-state index >= 15 is 0 Å². The summed E-state index contributed by atoms with van der Waals surface area (Å²) >= 11 is 0. The predicted octanol–water partition coefficient (Wildman–Crippen LogP) is 3.86. The van der Waals surface area contributed by atoms with Crippen LogP contribution >= 0.6 is 0 Å². The third kappa shape index (κ3) is 2.03. The molecule has 1 heteroatoms. The van der Waals surface area contributed by atoms with Crippen molar-refractivity contribution in [2.24, 2.45) is 29.1 Å². The molecule has 0 aromatic heterocycles. The minimum absolute atomic E-state index is 0.0495. The topological polar surface area (TPSA) is 20.2 Å². The van der Waals surface area contributed by atoms with Gasteiger partial charge in [-0.3, -0.25) is 0 Å². The van der Waals surface area contributed by atoms with Crippen molar-refractivity contribution in [1.29, 1.82) is 0 Å². The van der Waals surface area contributed by atoms with Gasteiger partial charge < -0.3 is 5.11 Å². The van der Waals surface area contributed by atoms with Crippen molar-refractivity contribution in [2.75, 3.05) is 0 Å². The summed E-state index contributed by atoms with van der Waals surface area (Å²) in [7, 11) is 0. The average molecular weight is 224 g/mol. The van der Waals surface area contributed by atoms with Crippen LogP contribution in [0, 0.1) is 29.1 Å². The Hall–Kier alpha value is -0.0400. The quantitative estimate of drug-likeness (QED) is 0.717. The van der Waals surface area contributed by atoms with Gasteiger partial charge in [-0.05, 0) is 48.3 Å². The van der Waals surface area contributed by atoms with Crippen molar-refractivity contribution in [2.45, 2.75) is 65.9 Å². The van der Waals surface area contributed by atoms with Gasteiger partial charge in [-0.2, -0.15) is 0 Å². The molecule has 2 rings (SSSR count). The summed E-state index contributed by atoms with van der Waals surface area (Å²) in [5.41, 5.74) is 0.433. The Morgan fingerprint density at radius 1 is 1.31 bits per heavy atom. The van der Waals surface area contributed by atoms with Crippen LogP contribution in [0.3, 0.4) is 0 Å². The second kappa shape index (κ2) is 4.33. The molecule has 0 heterocycles. The van der Waals surface area contributed by atoms with Crippen molar-refractivity contribution in [3.8, 4) is 0 Å². The maximum Gasteiger partial charge on any atom is 0.0576 e. The molecule has 2 fully saturated rings. The molecular formula is C15H28O. The molecule has 0 spiro atoms. The molecule has 0 aromatic carbocycles. The standard InChI is InChI=1S/C15H28O/c1-10(2)12-8-13-11(3)6-5-7-15(13,4)9-14(12)16/h10-14,16H,5-9H2,1-4H3. The molecule has 0 bridgehead atoms. The van der Waals surface area contributed by atoms with E-state index in [9.17, 15) is 5.11 Å². The van der Waals surface area contributed by atoms with Gasteiger partial charge >= 0.3 is 0 Å². The molecule has 1 nitrogen and oxygen atoms in total. The minimum Gasteiger partial charge on any atom is -0.393 e. The minimum atomic E-state index is -0.0495. The van der Waals surface area contributed by atoms with Gasteiger partial charge in [0.2, 0.25) is 0 Å². The lowest BCUT2D eigenvalue weighted by Gasteiger charge is -2.53. The molecule has 94 valence electrons. The zero-order valence-electron chi connectivity index (χ0n) is 11.4. The zero-order valence-corrected chi connectivity index (χ0v) is 11.4. The summed E-state index contributed by atoms with van der Waals surface area (Å²) in [6.45, 7) is 9.39. The fourth-order valence-corrected chi connectivity index (χ4v) is 4.47. The van der Waals surface area contributed by atoms with Crippen molar-refractivity contribution in [3.05, 3.63) is 0 Å². The van der Waals surface area contributed by atoms with Gasteiger partial charge in [-0.15, -0.1) is 0 Å². The first-order chi connectivity index (χ1) is 7.44. The smallest absolute Gasteiger partial charge is 0.0576 e. The predicted molar refractivity (Wildman–Crippen MR) is 68.2 cm³/mol. The number of hydrogen-bond acceptors (Lipinski definition) is 1. The van der Waals surface area contributed by atoms with Crippen molar-refractivity contribution < 1.29 is 5.11 Å². The van der Waals surface area contributed by atoms with Crippen molar-refractivity contribution in [3.63, 3.8) is 0 Å². The Labute approximate surface area is 101 Å². The van der Waals surface area contributed by atoms with E-state index in [4.69, 9.17) is 0 Å². The van der Waals surface area contributed by atoms with Gasteiger partial charge in [-0.25, -0.2) is 0 Å². The van der Waals surface area contributed by atoms with Crippen LogP contribution in [0.25, 0.3) is 0 Å². The van der Waals surface area contributed by atoms with E-state index in [0.717, 1.165) is 18.3 Å². The van der Waals surface area contributed by atoms with E-state index < -0.39 is 0 Å².